The van der Waals surface area contributed by atoms with Gasteiger partial charge in [0.1, 0.15) is 5.01 Å². The number of halogens is 1. The molecule has 0 amide bonds. The molecule has 0 aliphatic heterocycles. The van der Waals surface area contributed by atoms with Gasteiger partial charge in [-0.1, -0.05) is 40.2 Å². The van der Waals surface area contributed by atoms with Crippen LogP contribution in [0.3, 0.4) is 0 Å². The zero-order valence-corrected chi connectivity index (χ0v) is 17.7. The lowest BCUT2D eigenvalue weighted by Gasteiger charge is -2.07. The maximum Gasteiger partial charge on any atom is 0.308 e. The number of hydrogen-bond donors (Lipinski definition) is 1. The van der Waals surface area contributed by atoms with Crippen LogP contribution in [0.25, 0.3) is 23.4 Å². The van der Waals surface area contributed by atoms with Gasteiger partial charge in [-0.3, -0.25) is 4.79 Å². The molecule has 0 aliphatic carbocycles. The molecule has 0 spiro atoms. The fourth-order valence-corrected chi connectivity index (χ4v) is 3.90. The Morgan fingerprint density at radius 2 is 1.82 bits per heavy atom. The predicted molar refractivity (Wildman–Crippen MR) is 115 cm³/mol. The summed E-state index contributed by atoms with van der Waals surface area (Å²) in [5, 5.41) is 9.97. The van der Waals surface area contributed by atoms with Crippen LogP contribution in [0.4, 0.5) is 0 Å². The maximum atomic E-state index is 11.3. The van der Waals surface area contributed by atoms with Gasteiger partial charge in [0.05, 0.1) is 26.3 Å². The quantitative estimate of drug-likeness (QED) is 0.512. The number of carbonyl (C=O) groups is 1. The Bertz CT molecular complexity index is 1010. The summed E-state index contributed by atoms with van der Waals surface area (Å²) in [5.41, 5.74) is 2.52. The lowest BCUT2D eigenvalue weighted by atomic mass is 10.1. The molecule has 2 aromatic carbocycles. The third-order valence-corrected chi connectivity index (χ3v) is 5.52. The minimum atomic E-state index is -0.877. The number of thiazole rings is 1. The Hall–Kier alpha value is -2.64. The second-order valence-electron chi connectivity index (χ2n) is 5.85. The summed E-state index contributed by atoms with van der Waals surface area (Å²) in [6.07, 6.45) is 3.73. The first-order chi connectivity index (χ1) is 13.5. The zero-order chi connectivity index (χ0) is 20.1. The molecule has 0 bridgehead atoms. The summed E-state index contributed by atoms with van der Waals surface area (Å²) in [6, 6.07) is 13.3. The highest BCUT2D eigenvalue weighted by Gasteiger charge is 2.15. The van der Waals surface area contributed by atoms with Crippen LogP contribution in [0.5, 0.6) is 11.5 Å². The Morgan fingerprint density at radius 3 is 2.46 bits per heavy atom. The van der Waals surface area contributed by atoms with E-state index in [1.807, 2.05) is 54.6 Å². The van der Waals surface area contributed by atoms with Crippen molar-refractivity contribution in [2.45, 2.75) is 6.42 Å². The van der Waals surface area contributed by atoms with Crippen LogP contribution in [0.1, 0.15) is 15.4 Å². The molecular weight excluding hydrogens is 442 g/mol. The van der Waals surface area contributed by atoms with Gasteiger partial charge in [0.2, 0.25) is 0 Å². The van der Waals surface area contributed by atoms with Crippen molar-refractivity contribution in [1.82, 2.24) is 4.98 Å². The van der Waals surface area contributed by atoms with Crippen molar-refractivity contribution in [3.8, 4) is 22.8 Å². The van der Waals surface area contributed by atoms with Gasteiger partial charge in [-0.15, -0.1) is 11.3 Å². The highest BCUT2D eigenvalue weighted by Crippen LogP contribution is 2.32. The number of nitrogens with zero attached hydrogens (tertiary/aromatic N) is 1. The van der Waals surface area contributed by atoms with E-state index >= 15 is 0 Å². The molecule has 28 heavy (non-hydrogen) atoms. The van der Waals surface area contributed by atoms with Gasteiger partial charge in [0.25, 0.3) is 0 Å². The number of ether oxygens (including phenoxy) is 2. The molecular formula is C21H18BrNO4S. The van der Waals surface area contributed by atoms with Crippen molar-refractivity contribution in [2.75, 3.05) is 14.2 Å². The van der Waals surface area contributed by atoms with Gasteiger partial charge in [0, 0.05) is 14.9 Å². The van der Waals surface area contributed by atoms with E-state index in [-0.39, 0.29) is 6.42 Å². The summed E-state index contributed by atoms with van der Waals surface area (Å²) in [7, 11) is 3.19. The summed E-state index contributed by atoms with van der Waals surface area (Å²) in [6.45, 7) is 0. The van der Waals surface area contributed by atoms with Crippen LogP contribution in [0, 0.1) is 0 Å². The van der Waals surface area contributed by atoms with Crippen molar-refractivity contribution in [2.24, 2.45) is 0 Å². The van der Waals surface area contributed by atoms with Crippen molar-refractivity contribution < 1.29 is 19.4 Å². The molecule has 0 saturated heterocycles. The Morgan fingerprint density at radius 1 is 1.11 bits per heavy atom. The number of aliphatic carboxylic acids is 1. The van der Waals surface area contributed by atoms with Gasteiger partial charge in [-0.25, -0.2) is 4.98 Å². The molecule has 0 saturated carbocycles. The first-order valence-electron chi connectivity index (χ1n) is 8.37. The standard InChI is InChI=1S/C21H18BrNO4S/c1-26-16-9-3-13(11-17(16)27-2)4-10-19-23-21(18(28-19)12-20(24)25)14-5-7-15(22)8-6-14/h3-11H,12H2,1-2H3,(H,24,25)/b10-4+. The average Bonchev–Trinajstić information content (AvgIpc) is 3.08. The van der Waals surface area contributed by atoms with Gasteiger partial charge in [-0.2, -0.15) is 0 Å². The van der Waals surface area contributed by atoms with Crippen LogP contribution in [0.15, 0.2) is 46.9 Å². The molecule has 0 atom stereocenters. The SMILES string of the molecule is COc1ccc(/C=C/c2nc(-c3ccc(Br)cc3)c(CC(=O)O)s2)cc1OC. The average molecular weight is 460 g/mol. The van der Waals surface area contributed by atoms with E-state index in [9.17, 15) is 9.90 Å². The topological polar surface area (TPSA) is 68.7 Å². The van der Waals surface area contributed by atoms with E-state index in [1.165, 1.54) is 11.3 Å². The fourth-order valence-electron chi connectivity index (χ4n) is 2.66. The van der Waals surface area contributed by atoms with Crippen molar-refractivity contribution in [1.29, 1.82) is 0 Å². The predicted octanol–water partition coefficient (Wildman–Crippen LogP) is 5.39. The molecule has 1 aromatic heterocycles. The monoisotopic (exact) mass is 459 g/mol. The number of hydrogen-bond acceptors (Lipinski definition) is 5. The van der Waals surface area contributed by atoms with Crippen molar-refractivity contribution in [3.05, 3.63) is 62.4 Å². The molecule has 1 heterocycles. The number of carboxylic acids is 1. The van der Waals surface area contributed by atoms with E-state index in [0.29, 0.717) is 17.2 Å². The lowest BCUT2D eigenvalue weighted by molar-refractivity contribution is -0.136. The lowest BCUT2D eigenvalue weighted by Crippen LogP contribution is -1.99. The van der Waals surface area contributed by atoms with E-state index in [1.54, 1.807) is 14.2 Å². The van der Waals surface area contributed by atoms with Crippen LogP contribution in [-0.4, -0.2) is 30.3 Å². The van der Waals surface area contributed by atoms with Crippen molar-refractivity contribution in [3.63, 3.8) is 0 Å². The number of carboxylic acid groups (broad SMARTS) is 1. The van der Waals surface area contributed by atoms with E-state index in [2.05, 4.69) is 20.9 Å². The number of benzene rings is 2. The molecule has 7 heteroatoms. The summed E-state index contributed by atoms with van der Waals surface area (Å²) in [5.74, 6) is 0.429. The summed E-state index contributed by atoms with van der Waals surface area (Å²) in [4.78, 5) is 16.6. The molecule has 3 rings (SSSR count). The second-order valence-corrected chi connectivity index (χ2v) is 7.88. The largest absolute Gasteiger partial charge is 0.493 e. The van der Waals surface area contributed by atoms with Crippen molar-refractivity contribution >= 4 is 45.4 Å². The first-order valence-corrected chi connectivity index (χ1v) is 9.98. The fraction of sp³-hybridized carbons (Fsp3) is 0.143. The van der Waals surface area contributed by atoms with E-state index < -0.39 is 5.97 Å². The molecule has 144 valence electrons. The maximum absolute atomic E-state index is 11.3. The minimum absolute atomic E-state index is 0.0622. The molecule has 0 unspecified atom stereocenters. The molecule has 1 N–H and O–H groups in total. The third-order valence-electron chi connectivity index (χ3n) is 3.97. The van der Waals surface area contributed by atoms with Gasteiger partial charge in [0.15, 0.2) is 11.5 Å². The highest BCUT2D eigenvalue weighted by atomic mass is 79.9. The molecule has 0 aliphatic rings. The number of rotatable bonds is 7. The molecule has 0 fully saturated rings. The number of aromatic nitrogens is 1. The molecule has 3 aromatic rings. The number of methoxy groups -OCH3 is 2. The second kappa shape index (κ2) is 9.03. The Labute approximate surface area is 175 Å². The van der Waals surface area contributed by atoms with E-state index in [0.717, 1.165) is 25.5 Å². The normalized spacial score (nSPS) is 11.0. The summed E-state index contributed by atoms with van der Waals surface area (Å²) >= 11 is 4.79. The van der Waals surface area contributed by atoms with Gasteiger partial charge < -0.3 is 14.6 Å². The minimum Gasteiger partial charge on any atom is -0.493 e. The van der Waals surface area contributed by atoms with Crippen LogP contribution >= 0.6 is 27.3 Å². The zero-order valence-electron chi connectivity index (χ0n) is 15.3. The van der Waals surface area contributed by atoms with Crippen LogP contribution in [-0.2, 0) is 11.2 Å². The van der Waals surface area contributed by atoms with Crippen LogP contribution < -0.4 is 9.47 Å². The summed E-state index contributed by atoms with van der Waals surface area (Å²) < 4.78 is 11.5. The smallest absolute Gasteiger partial charge is 0.308 e. The third kappa shape index (κ3) is 4.79. The van der Waals surface area contributed by atoms with Gasteiger partial charge >= 0.3 is 5.97 Å². The Balaban J connectivity index is 1.93. The van der Waals surface area contributed by atoms with Crippen LogP contribution in [0.2, 0.25) is 0 Å². The molecule has 0 radical (unpaired) electrons. The van der Waals surface area contributed by atoms with E-state index in [4.69, 9.17) is 9.47 Å². The first kappa shape index (κ1) is 20.1. The Kier molecular flexibility index (Phi) is 6.49. The molecule has 5 nitrogen and oxygen atoms in total. The highest BCUT2D eigenvalue weighted by molar-refractivity contribution is 9.10. The van der Waals surface area contributed by atoms with Gasteiger partial charge in [-0.05, 0) is 35.9 Å².